The van der Waals surface area contributed by atoms with E-state index in [-0.39, 0.29) is 16.8 Å². The van der Waals surface area contributed by atoms with Crippen LogP contribution in [-0.4, -0.2) is 30.3 Å². The maximum atomic E-state index is 12.7. The van der Waals surface area contributed by atoms with Gasteiger partial charge in [0.25, 0.3) is 15.9 Å². The molecule has 1 aromatic carbocycles. The number of carbonyl (C=O) groups is 1. The molecule has 1 fully saturated rings. The number of hydrogen-bond acceptors (Lipinski definition) is 4. The highest BCUT2D eigenvalue weighted by Gasteiger charge is 2.24. The molecule has 128 valence electrons. The lowest BCUT2D eigenvalue weighted by molar-refractivity contribution is 0.0951. The van der Waals surface area contributed by atoms with Gasteiger partial charge in [-0.3, -0.25) is 9.52 Å². The van der Waals surface area contributed by atoms with Crippen LogP contribution in [0, 0.1) is 0 Å². The van der Waals surface area contributed by atoms with Crippen LogP contribution in [0.25, 0.3) is 11.0 Å². The monoisotopic (exact) mass is 356 g/mol. The number of sulfonamides is 1. The lowest BCUT2D eigenvalue weighted by Gasteiger charge is -2.09. The highest BCUT2D eigenvalue weighted by molar-refractivity contribution is 7.93. The van der Waals surface area contributed by atoms with E-state index in [1.165, 1.54) is 12.3 Å². The fourth-order valence-electron chi connectivity index (χ4n) is 2.58. The molecule has 7 nitrogen and oxygen atoms in total. The molecule has 8 heteroatoms. The van der Waals surface area contributed by atoms with Crippen LogP contribution in [0.3, 0.4) is 0 Å². The third-order valence-corrected chi connectivity index (χ3v) is 5.41. The van der Waals surface area contributed by atoms with Gasteiger partial charge in [0.15, 0.2) is 0 Å². The molecule has 0 atom stereocenters. The van der Waals surface area contributed by atoms with Crippen molar-refractivity contribution in [3.8, 4) is 0 Å². The predicted octanol–water partition coefficient (Wildman–Crippen LogP) is 2.26. The Bertz CT molecular complexity index is 1050. The zero-order valence-corrected chi connectivity index (χ0v) is 14.0. The van der Waals surface area contributed by atoms with Gasteiger partial charge in [0, 0.05) is 35.1 Å². The molecule has 0 saturated heterocycles. The van der Waals surface area contributed by atoms with Crippen LogP contribution in [0.1, 0.15) is 23.2 Å². The Morgan fingerprint density at radius 2 is 2.04 bits per heavy atom. The number of H-pyrrole nitrogens is 1. The second-order valence-electron chi connectivity index (χ2n) is 5.99. The van der Waals surface area contributed by atoms with E-state index in [0.29, 0.717) is 22.3 Å². The van der Waals surface area contributed by atoms with Crippen molar-refractivity contribution >= 4 is 32.7 Å². The molecule has 1 aliphatic rings. The van der Waals surface area contributed by atoms with Gasteiger partial charge in [-0.2, -0.15) is 0 Å². The molecule has 1 amide bonds. The molecule has 0 spiro atoms. The predicted molar refractivity (Wildman–Crippen MR) is 93.8 cm³/mol. The number of nitrogens with zero attached hydrogens (tertiary/aromatic N) is 1. The van der Waals surface area contributed by atoms with Gasteiger partial charge in [-0.1, -0.05) is 6.07 Å². The summed E-state index contributed by atoms with van der Waals surface area (Å²) >= 11 is 0. The molecule has 0 aliphatic heterocycles. The van der Waals surface area contributed by atoms with E-state index in [1.54, 1.807) is 36.5 Å². The number of carbonyl (C=O) groups excluding carboxylic acids is 1. The van der Waals surface area contributed by atoms with Crippen molar-refractivity contribution in [1.29, 1.82) is 0 Å². The van der Waals surface area contributed by atoms with Crippen molar-refractivity contribution in [1.82, 2.24) is 15.3 Å². The van der Waals surface area contributed by atoms with Gasteiger partial charge in [-0.25, -0.2) is 13.4 Å². The summed E-state index contributed by atoms with van der Waals surface area (Å²) < 4.78 is 27.9. The molecule has 1 aliphatic carbocycles. The molecule has 0 radical (unpaired) electrons. The second-order valence-corrected chi connectivity index (χ2v) is 7.64. The minimum atomic E-state index is -3.80. The van der Waals surface area contributed by atoms with E-state index in [0.717, 1.165) is 12.8 Å². The van der Waals surface area contributed by atoms with Gasteiger partial charge in [-0.05, 0) is 43.2 Å². The van der Waals surface area contributed by atoms with E-state index >= 15 is 0 Å². The maximum Gasteiger partial charge on any atom is 0.264 e. The van der Waals surface area contributed by atoms with Gasteiger partial charge in [-0.15, -0.1) is 0 Å². The number of fused-ring (bicyclic) bond motifs is 1. The Morgan fingerprint density at radius 1 is 1.20 bits per heavy atom. The third-order valence-electron chi connectivity index (χ3n) is 3.99. The molecule has 0 unspecified atom stereocenters. The van der Waals surface area contributed by atoms with E-state index < -0.39 is 10.0 Å². The van der Waals surface area contributed by atoms with E-state index in [1.807, 2.05) is 0 Å². The topological polar surface area (TPSA) is 104 Å². The fraction of sp³-hybridized carbons (Fsp3) is 0.176. The van der Waals surface area contributed by atoms with E-state index in [4.69, 9.17) is 0 Å². The summed E-state index contributed by atoms with van der Waals surface area (Å²) in [6, 6.07) is 10.1. The Hall–Kier alpha value is -2.87. The standard InChI is InChI=1S/C17H16N4O3S/c22-17(20-12-6-7-12)11-3-1-4-13(9-11)21-25(23,24)15-10-19-16-14(15)5-2-8-18-16/h1-5,8-10,12,21H,6-7H2,(H,18,19)(H,20,22). The summed E-state index contributed by atoms with van der Waals surface area (Å²) in [6.45, 7) is 0. The third kappa shape index (κ3) is 3.20. The number of hydrogen-bond donors (Lipinski definition) is 3. The number of aromatic nitrogens is 2. The van der Waals surface area contributed by atoms with Crippen molar-refractivity contribution in [3.05, 3.63) is 54.4 Å². The highest BCUT2D eigenvalue weighted by Crippen LogP contribution is 2.24. The van der Waals surface area contributed by atoms with Crippen molar-refractivity contribution in [2.45, 2.75) is 23.8 Å². The Morgan fingerprint density at radius 3 is 2.84 bits per heavy atom. The van der Waals surface area contributed by atoms with Crippen molar-refractivity contribution in [2.24, 2.45) is 0 Å². The number of nitrogens with one attached hydrogen (secondary N) is 3. The average molecular weight is 356 g/mol. The number of aromatic amines is 1. The first-order valence-corrected chi connectivity index (χ1v) is 9.37. The Kier molecular flexibility index (Phi) is 3.69. The van der Waals surface area contributed by atoms with Crippen LogP contribution >= 0.6 is 0 Å². The Labute approximate surface area is 144 Å². The van der Waals surface area contributed by atoms with Gasteiger partial charge in [0.2, 0.25) is 0 Å². The molecule has 1 saturated carbocycles. The highest BCUT2D eigenvalue weighted by atomic mass is 32.2. The van der Waals surface area contributed by atoms with Crippen LogP contribution < -0.4 is 10.0 Å². The zero-order chi connectivity index (χ0) is 17.4. The van der Waals surface area contributed by atoms with E-state index in [2.05, 4.69) is 20.0 Å². The van der Waals surface area contributed by atoms with Crippen LogP contribution in [0.2, 0.25) is 0 Å². The minimum Gasteiger partial charge on any atom is -0.349 e. The quantitative estimate of drug-likeness (QED) is 0.652. The maximum absolute atomic E-state index is 12.7. The smallest absolute Gasteiger partial charge is 0.264 e. The first kappa shape index (κ1) is 15.6. The molecule has 2 aromatic heterocycles. The first-order valence-electron chi connectivity index (χ1n) is 7.89. The van der Waals surface area contributed by atoms with Crippen LogP contribution in [-0.2, 0) is 10.0 Å². The average Bonchev–Trinajstić information content (AvgIpc) is 3.29. The van der Waals surface area contributed by atoms with Crippen LogP contribution in [0.5, 0.6) is 0 Å². The van der Waals surface area contributed by atoms with Gasteiger partial charge >= 0.3 is 0 Å². The molecule has 3 N–H and O–H groups in total. The zero-order valence-electron chi connectivity index (χ0n) is 13.2. The number of benzene rings is 1. The molecular formula is C17H16N4O3S. The fourth-order valence-corrected chi connectivity index (χ4v) is 3.80. The lowest BCUT2D eigenvalue weighted by atomic mass is 10.2. The summed E-state index contributed by atoms with van der Waals surface area (Å²) in [5.41, 5.74) is 1.26. The number of rotatable bonds is 5. The molecule has 4 rings (SSSR count). The van der Waals surface area contributed by atoms with Gasteiger partial charge in [0.05, 0.1) is 0 Å². The minimum absolute atomic E-state index is 0.114. The van der Waals surface area contributed by atoms with Gasteiger partial charge < -0.3 is 10.3 Å². The number of amides is 1. The molecule has 0 bridgehead atoms. The van der Waals surface area contributed by atoms with Crippen molar-refractivity contribution < 1.29 is 13.2 Å². The summed E-state index contributed by atoms with van der Waals surface area (Å²) in [6.07, 6.45) is 4.98. The molecular weight excluding hydrogens is 340 g/mol. The summed E-state index contributed by atoms with van der Waals surface area (Å²) in [4.78, 5) is 19.2. The first-order chi connectivity index (χ1) is 12.0. The largest absolute Gasteiger partial charge is 0.349 e. The number of anilines is 1. The molecule has 3 aromatic rings. The molecule has 25 heavy (non-hydrogen) atoms. The van der Waals surface area contributed by atoms with Crippen LogP contribution in [0.15, 0.2) is 53.7 Å². The van der Waals surface area contributed by atoms with Gasteiger partial charge in [0.1, 0.15) is 10.5 Å². The second kappa shape index (κ2) is 5.89. The van der Waals surface area contributed by atoms with Crippen molar-refractivity contribution in [2.75, 3.05) is 4.72 Å². The normalized spacial score (nSPS) is 14.4. The van der Waals surface area contributed by atoms with Crippen LogP contribution in [0.4, 0.5) is 5.69 Å². The Balaban J connectivity index is 1.61. The summed E-state index contributed by atoms with van der Waals surface area (Å²) in [5.74, 6) is -0.195. The summed E-state index contributed by atoms with van der Waals surface area (Å²) in [5, 5.41) is 3.39. The lowest BCUT2D eigenvalue weighted by Crippen LogP contribution is -2.25. The summed E-state index contributed by atoms with van der Waals surface area (Å²) in [7, 11) is -3.80. The molecule has 2 heterocycles. The van der Waals surface area contributed by atoms with E-state index in [9.17, 15) is 13.2 Å². The van der Waals surface area contributed by atoms with Crippen molar-refractivity contribution in [3.63, 3.8) is 0 Å². The SMILES string of the molecule is O=C(NC1CC1)c1cccc(NS(=O)(=O)c2c[nH]c3ncccc23)c1. The number of pyridine rings is 1.